The number of hydrogen-bond acceptors (Lipinski definition) is 5. The molecular formula is C20H28N4O3. The monoisotopic (exact) mass is 372 g/mol. The number of likely N-dealkylation sites (tertiary alicyclic amines) is 1. The standard InChI is InChI=1S/C20H28N4O3/c1-23-19(25)11-10-17(22-23)20(26)21-14-18(24-12-4-3-5-13-24)15-6-8-16(27-2)9-7-15/h6-9,18H,3-5,10-14H2,1-2H3,(H,21,26). The number of carbonyl (C=O) groups is 2. The molecular weight excluding hydrogens is 344 g/mol. The number of amides is 2. The summed E-state index contributed by atoms with van der Waals surface area (Å²) >= 11 is 0. The molecule has 1 aromatic carbocycles. The molecule has 2 heterocycles. The molecule has 0 aliphatic carbocycles. The lowest BCUT2D eigenvalue weighted by atomic mass is 10.0. The number of methoxy groups -OCH3 is 1. The van der Waals surface area contributed by atoms with E-state index >= 15 is 0 Å². The minimum Gasteiger partial charge on any atom is -0.497 e. The first-order valence-corrected chi connectivity index (χ1v) is 9.58. The van der Waals surface area contributed by atoms with Gasteiger partial charge in [-0.1, -0.05) is 18.6 Å². The van der Waals surface area contributed by atoms with Gasteiger partial charge in [-0.3, -0.25) is 14.5 Å². The molecule has 1 unspecified atom stereocenters. The Kier molecular flexibility index (Phi) is 6.45. The van der Waals surface area contributed by atoms with E-state index in [9.17, 15) is 9.59 Å². The van der Waals surface area contributed by atoms with Crippen molar-refractivity contribution in [1.82, 2.24) is 15.2 Å². The number of carbonyl (C=O) groups excluding carboxylic acids is 2. The number of piperidine rings is 1. The highest BCUT2D eigenvalue weighted by molar-refractivity contribution is 6.39. The van der Waals surface area contributed by atoms with Crippen LogP contribution >= 0.6 is 0 Å². The van der Waals surface area contributed by atoms with Crippen LogP contribution in [0.5, 0.6) is 5.75 Å². The van der Waals surface area contributed by atoms with Gasteiger partial charge < -0.3 is 10.1 Å². The third-order valence-corrected chi connectivity index (χ3v) is 5.26. The van der Waals surface area contributed by atoms with Crippen LogP contribution in [0.2, 0.25) is 0 Å². The Labute approximate surface area is 160 Å². The maximum atomic E-state index is 12.6. The molecule has 0 bridgehead atoms. The van der Waals surface area contributed by atoms with Crippen molar-refractivity contribution in [2.45, 2.75) is 38.1 Å². The molecule has 1 atom stereocenters. The second kappa shape index (κ2) is 8.99. The van der Waals surface area contributed by atoms with Crippen molar-refractivity contribution >= 4 is 17.5 Å². The van der Waals surface area contributed by atoms with Crippen LogP contribution in [0, 0.1) is 0 Å². The van der Waals surface area contributed by atoms with Crippen LogP contribution in [0.3, 0.4) is 0 Å². The number of nitrogens with one attached hydrogen (secondary N) is 1. The third-order valence-electron chi connectivity index (χ3n) is 5.26. The van der Waals surface area contributed by atoms with Gasteiger partial charge in [-0.05, 0) is 43.6 Å². The molecule has 2 aliphatic heterocycles. The Morgan fingerprint density at radius 3 is 2.52 bits per heavy atom. The van der Waals surface area contributed by atoms with Gasteiger partial charge in [0.05, 0.1) is 13.2 Å². The van der Waals surface area contributed by atoms with Crippen LogP contribution in [-0.4, -0.2) is 61.2 Å². The highest BCUT2D eigenvalue weighted by Gasteiger charge is 2.26. The predicted octanol–water partition coefficient (Wildman–Crippen LogP) is 1.95. The molecule has 2 amide bonds. The number of nitrogens with zero attached hydrogens (tertiary/aromatic N) is 3. The van der Waals surface area contributed by atoms with Gasteiger partial charge in [0.2, 0.25) is 5.91 Å². The number of ether oxygens (including phenoxy) is 1. The fraction of sp³-hybridized carbons (Fsp3) is 0.550. The fourth-order valence-electron chi connectivity index (χ4n) is 3.64. The summed E-state index contributed by atoms with van der Waals surface area (Å²) in [5, 5.41) is 8.39. The van der Waals surface area contributed by atoms with Crippen molar-refractivity contribution in [1.29, 1.82) is 0 Å². The first-order valence-electron chi connectivity index (χ1n) is 9.58. The summed E-state index contributed by atoms with van der Waals surface area (Å²) in [6.07, 6.45) is 4.35. The van der Waals surface area contributed by atoms with Crippen LogP contribution in [0.25, 0.3) is 0 Å². The van der Waals surface area contributed by atoms with Crippen molar-refractivity contribution < 1.29 is 14.3 Å². The minimum absolute atomic E-state index is 0.0593. The molecule has 2 aliphatic rings. The predicted molar refractivity (Wildman–Crippen MR) is 104 cm³/mol. The van der Waals surface area contributed by atoms with E-state index in [0.717, 1.165) is 24.4 Å². The van der Waals surface area contributed by atoms with Gasteiger partial charge in [-0.15, -0.1) is 0 Å². The summed E-state index contributed by atoms with van der Waals surface area (Å²) in [6.45, 7) is 2.58. The topological polar surface area (TPSA) is 74.2 Å². The summed E-state index contributed by atoms with van der Waals surface area (Å²) in [5.74, 6) is 0.574. The molecule has 1 aromatic rings. The van der Waals surface area contributed by atoms with E-state index in [1.165, 1.54) is 24.3 Å². The minimum atomic E-state index is -0.190. The van der Waals surface area contributed by atoms with E-state index in [-0.39, 0.29) is 17.9 Å². The molecule has 7 nitrogen and oxygen atoms in total. The molecule has 3 rings (SSSR count). The zero-order valence-electron chi connectivity index (χ0n) is 16.1. The lowest BCUT2D eigenvalue weighted by Crippen LogP contribution is -2.43. The first kappa shape index (κ1) is 19.4. The van der Waals surface area contributed by atoms with Crippen LogP contribution in [-0.2, 0) is 9.59 Å². The highest BCUT2D eigenvalue weighted by atomic mass is 16.5. The molecule has 0 radical (unpaired) electrons. The van der Waals surface area contributed by atoms with Crippen LogP contribution in [0.15, 0.2) is 29.4 Å². The van der Waals surface area contributed by atoms with E-state index in [1.54, 1.807) is 14.2 Å². The summed E-state index contributed by atoms with van der Waals surface area (Å²) in [7, 11) is 3.24. The Morgan fingerprint density at radius 2 is 1.89 bits per heavy atom. The molecule has 1 N–H and O–H groups in total. The van der Waals surface area contributed by atoms with Crippen molar-refractivity contribution in [3.8, 4) is 5.75 Å². The summed E-state index contributed by atoms with van der Waals surface area (Å²) < 4.78 is 5.26. The van der Waals surface area contributed by atoms with Gasteiger partial charge in [-0.25, -0.2) is 5.01 Å². The van der Waals surface area contributed by atoms with Crippen molar-refractivity contribution in [2.75, 3.05) is 33.8 Å². The molecule has 0 aromatic heterocycles. The maximum Gasteiger partial charge on any atom is 0.267 e. The molecule has 7 heteroatoms. The highest BCUT2D eigenvalue weighted by Crippen LogP contribution is 2.26. The first-order chi connectivity index (χ1) is 13.1. The van der Waals surface area contributed by atoms with E-state index in [2.05, 4.69) is 27.5 Å². The average molecular weight is 372 g/mol. The van der Waals surface area contributed by atoms with Gasteiger partial charge in [0.1, 0.15) is 11.5 Å². The number of hydrazone groups is 1. The van der Waals surface area contributed by atoms with E-state index in [4.69, 9.17) is 4.74 Å². The normalized spacial score (nSPS) is 19.4. The molecule has 0 saturated carbocycles. The molecule has 1 saturated heterocycles. The lowest BCUT2D eigenvalue weighted by molar-refractivity contribution is -0.130. The number of rotatable bonds is 6. The smallest absolute Gasteiger partial charge is 0.267 e. The van der Waals surface area contributed by atoms with E-state index < -0.39 is 0 Å². The number of hydrogen-bond donors (Lipinski definition) is 1. The molecule has 0 spiro atoms. The maximum absolute atomic E-state index is 12.6. The average Bonchev–Trinajstić information content (AvgIpc) is 2.71. The Balaban J connectivity index is 1.70. The van der Waals surface area contributed by atoms with Gasteiger partial charge in [-0.2, -0.15) is 5.10 Å². The third kappa shape index (κ3) is 4.86. The molecule has 1 fully saturated rings. The fourth-order valence-corrected chi connectivity index (χ4v) is 3.64. The largest absolute Gasteiger partial charge is 0.497 e. The Bertz CT molecular complexity index is 696. The molecule has 146 valence electrons. The zero-order chi connectivity index (χ0) is 19.2. The second-order valence-corrected chi connectivity index (χ2v) is 7.06. The molecule has 27 heavy (non-hydrogen) atoms. The van der Waals surface area contributed by atoms with Crippen LogP contribution < -0.4 is 10.1 Å². The van der Waals surface area contributed by atoms with E-state index in [0.29, 0.717) is 25.1 Å². The Morgan fingerprint density at radius 1 is 1.19 bits per heavy atom. The second-order valence-electron chi connectivity index (χ2n) is 7.06. The summed E-state index contributed by atoms with van der Waals surface area (Å²) in [4.78, 5) is 26.5. The Hall–Kier alpha value is -2.41. The quantitative estimate of drug-likeness (QED) is 0.828. The lowest BCUT2D eigenvalue weighted by Gasteiger charge is -2.35. The summed E-state index contributed by atoms with van der Waals surface area (Å²) in [5.41, 5.74) is 1.58. The van der Waals surface area contributed by atoms with Crippen LogP contribution in [0.4, 0.5) is 0 Å². The van der Waals surface area contributed by atoms with Gasteiger partial charge >= 0.3 is 0 Å². The van der Waals surface area contributed by atoms with Gasteiger partial charge in [0, 0.05) is 26.4 Å². The van der Waals surface area contributed by atoms with Crippen molar-refractivity contribution in [3.63, 3.8) is 0 Å². The van der Waals surface area contributed by atoms with E-state index in [1.807, 2.05) is 12.1 Å². The summed E-state index contributed by atoms with van der Waals surface area (Å²) in [6, 6.07) is 8.16. The number of benzene rings is 1. The van der Waals surface area contributed by atoms with Crippen molar-refractivity contribution in [3.05, 3.63) is 29.8 Å². The zero-order valence-corrected chi connectivity index (χ0v) is 16.1. The van der Waals surface area contributed by atoms with Crippen molar-refractivity contribution in [2.24, 2.45) is 5.10 Å². The van der Waals surface area contributed by atoms with Crippen LogP contribution in [0.1, 0.15) is 43.7 Å². The SMILES string of the molecule is COc1ccc(C(CNC(=O)C2=NN(C)C(=O)CC2)N2CCCCC2)cc1. The van der Waals surface area contributed by atoms with Gasteiger partial charge in [0.25, 0.3) is 5.91 Å². The van der Waals surface area contributed by atoms with Gasteiger partial charge in [0.15, 0.2) is 0 Å².